The molecule has 4 rings (SSSR count). The zero-order chi connectivity index (χ0) is 14.2. The first kappa shape index (κ1) is 12.1. The lowest BCUT2D eigenvalue weighted by Crippen LogP contribution is -2.03. The Morgan fingerprint density at radius 3 is 2.38 bits per heavy atom. The van der Waals surface area contributed by atoms with Crippen molar-refractivity contribution in [2.75, 3.05) is 0 Å². The minimum Gasteiger partial charge on any atom is -0.400 e. The second kappa shape index (κ2) is 4.70. The number of benzene rings is 2. The Morgan fingerprint density at radius 1 is 0.810 bits per heavy atom. The Balaban J connectivity index is 1.63. The Hall–Kier alpha value is -2.68. The van der Waals surface area contributed by atoms with E-state index in [2.05, 4.69) is 46.6 Å². The smallest absolute Gasteiger partial charge is 0.136 e. The highest BCUT2D eigenvalue weighted by atomic mass is 15.1. The molecule has 0 aliphatic heterocycles. The van der Waals surface area contributed by atoms with E-state index in [4.69, 9.17) is 5.73 Å². The minimum absolute atomic E-state index is 0.00163. The summed E-state index contributed by atoms with van der Waals surface area (Å²) in [6.07, 6.45) is 6.16. The van der Waals surface area contributed by atoms with Gasteiger partial charge in [-0.15, -0.1) is 0 Å². The van der Waals surface area contributed by atoms with Crippen molar-refractivity contribution in [3.63, 3.8) is 0 Å². The zero-order valence-corrected chi connectivity index (χ0v) is 11.5. The summed E-state index contributed by atoms with van der Waals surface area (Å²) < 4.78 is 0. The van der Waals surface area contributed by atoms with Crippen molar-refractivity contribution in [2.45, 2.75) is 12.1 Å². The molecule has 0 radical (unpaired) electrons. The van der Waals surface area contributed by atoms with Crippen LogP contribution in [0.5, 0.6) is 0 Å². The molecular formula is C18H15N3. The van der Waals surface area contributed by atoms with Gasteiger partial charge < -0.3 is 5.73 Å². The van der Waals surface area contributed by atoms with Crippen LogP contribution in [0.4, 0.5) is 0 Å². The first-order chi connectivity index (χ1) is 10.3. The van der Waals surface area contributed by atoms with E-state index < -0.39 is 0 Å². The van der Waals surface area contributed by atoms with E-state index >= 15 is 0 Å². The third-order valence-corrected chi connectivity index (χ3v) is 4.01. The first-order valence-corrected chi connectivity index (χ1v) is 7.06. The van der Waals surface area contributed by atoms with Crippen LogP contribution in [0.15, 0.2) is 70.5 Å². The fourth-order valence-corrected chi connectivity index (χ4v) is 2.93. The molecule has 0 aromatic heterocycles. The number of nitrogens with two attached hydrogens (primary N) is 1. The molecule has 0 saturated carbocycles. The molecule has 0 heterocycles. The van der Waals surface area contributed by atoms with Gasteiger partial charge in [-0.05, 0) is 28.3 Å². The maximum absolute atomic E-state index is 6.10. The zero-order valence-electron chi connectivity index (χ0n) is 11.5. The summed E-state index contributed by atoms with van der Waals surface area (Å²) in [5, 5.41) is 9.02. The summed E-state index contributed by atoms with van der Waals surface area (Å²) >= 11 is 0. The highest BCUT2D eigenvalue weighted by Gasteiger charge is 2.23. The molecule has 2 aliphatic rings. The lowest BCUT2D eigenvalue weighted by atomic mass is 10.1. The quantitative estimate of drug-likeness (QED) is 0.816. The molecule has 2 atom stereocenters. The third kappa shape index (κ3) is 1.98. The molecule has 0 bridgehead atoms. The lowest BCUT2D eigenvalue weighted by molar-refractivity contribution is 0.717. The van der Waals surface area contributed by atoms with Crippen LogP contribution in [0.3, 0.4) is 0 Å². The summed E-state index contributed by atoms with van der Waals surface area (Å²) in [6, 6.07) is 16.3. The highest BCUT2D eigenvalue weighted by Crippen LogP contribution is 2.37. The van der Waals surface area contributed by atoms with Crippen LogP contribution in [-0.4, -0.2) is 0 Å². The van der Waals surface area contributed by atoms with Gasteiger partial charge in [0.15, 0.2) is 0 Å². The largest absolute Gasteiger partial charge is 0.400 e. The van der Waals surface area contributed by atoms with Gasteiger partial charge in [0.05, 0.1) is 0 Å². The molecule has 21 heavy (non-hydrogen) atoms. The number of azo groups is 1. The summed E-state index contributed by atoms with van der Waals surface area (Å²) in [6.45, 7) is 0. The average Bonchev–Trinajstić information content (AvgIpc) is 3.06. The van der Waals surface area contributed by atoms with E-state index in [1.807, 2.05) is 30.3 Å². The molecule has 3 heteroatoms. The molecule has 2 N–H and O–H groups in total. The Bertz CT molecular complexity index is 787. The number of hydrogen-bond acceptors (Lipinski definition) is 3. The average molecular weight is 273 g/mol. The van der Waals surface area contributed by atoms with Gasteiger partial charge in [0.2, 0.25) is 0 Å². The van der Waals surface area contributed by atoms with Gasteiger partial charge in [0, 0.05) is 5.70 Å². The topological polar surface area (TPSA) is 50.7 Å². The Kier molecular flexibility index (Phi) is 2.71. The van der Waals surface area contributed by atoms with Gasteiger partial charge in [-0.1, -0.05) is 60.7 Å². The van der Waals surface area contributed by atoms with E-state index in [-0.39, 0.29) is 12.1 Å². The monoisotopic (exact) mass is 273 g/mol. The summed E-state index contributed by atoms with van der Waals surface area (Å²) in [4.78, 5) is 0. The molecule has 2 aromatic carbocycles. The second-order valence-electron chi connectivity index (χ2n) is 5.34. The predicted octanol–water partition coefficient (Wildman–Crippen LogP) is 4.26. The summed E-state index contributed by atoms with van der Waals surface area (Å²) in [5.74, 6) is 0. The normalized spacial score (nSPS) is 22.4. The second-order valence-corrected chi connectivity index (χ2v) is 5.34. The van der Waals surface area contributed by atoms with Gasteiger partial charge in [-0.3, -0.25) is 0 Å². The van der Waals surface area contributed by atoms with Crippen molar-refractivity contribution < 1.29 is 0 Å². The molecule has 2 aromatic rings. The van der Waals surface area contributed by atoms with Crippen LogP contribution >= 0.6 is 0 Å². The molecule has 0 saturated heterocycles. The van der Waals surface area contributed by atoms with Crippen LogP contribution in [-0.2, 0) is 0 Å². The fraction of sp³-hybridized carbons (Fsp3) is 0.111. The van der Waals surface area contributed by atoms with Crippen LogP contribution in [0, 0.1) is 0 Å². The number of fused-ring (bicyclic) bond motifs is 2. The molecule has 2 aliphatic carbocycles. The Morgan fingerprint density at radius 2 is 1.52 bits per heavy atom. The van der Waals surface area contributed by atoms with Gasteiger partial charge in [-0.25, -0.2) is 0 Å². The number of nitrogens with zero attached hydrogens (tertiary/aromatic N) is 2. The summed E-state index contributed by atoms with van der Waals surface area (Å²) in [7, 11) is 0. The van der Waals surface area contributed by atoms with E-state index in [1.54, 1.807) is 0 Å². The highest BCUT2D eigenvalue weighted by molar-refractivity contribution is 5.65. The molecule has 3 nitrogen and oxygen atoms in total. The van der Waals surface area contributed by atoms with Crippen LogP contribution in [0.25, 0.3) is 12.2 Å². The first-order valence-electron chi connectivity index (χ1n) is 7.06. The molecule has 0 amide bonds. The van der Waals surface area contributed by atoms with Gasteiger partial charge in [0.25, 0.3) is 0 Å². The molecule has 0 spiro atoms. The van der Waals surface area contributed by atoms with Crippen LogP contribution in [0.1, 0.15) is 34.3 Å². The van der Waals surface area contributed by atoms with Crippen molar-refractivity contribution in [1.29, 1.82) is 0 Å². The third-order valence-electron chi connectivity index (χ3n) is 4.01. The molecule has 102 valence electrons. The SMILES string of the molecule is NC1=Cc2ccccc2C1N=NC1C=Cc2ccccc21. The van der Waals surface area contributed by atoms with Crippen molar-refractivity contribution in [3.05, 3.63) is 82.6 Å². The molecule has 0 fully saturated rings. The maximum atomic E-state index is 6.10. The van der Waals surface area contributed by atoms with Crippen molar-refractivity contribution in [2.24, 2.45) is 16.0 Å². The fourth-order valence-electron chi connectivity index (χ4n) is 2.93. The lowest BCUT2D eigenvalue weighted by Gasteiger charge is -2.09. The van der Waals surface area contributed by atoms with E-state index in [0.29, 0.717) is 0 Å². The maximum Gasteiger partial charge on any atom is 0.136 e. The summed E-state index contributed by atoms with van der Waals surface area (Å²) in [5.41, 5.74) is 11.6. The van der Waals surface area contributed by atoms with E-state index in [9.17, 15) is 0 Å². The number of rotatable bonds is 2. The van der Waals surface area contributed by atoms with Gasteiger partial charge in [0.1, 0.15) is 12.1 Å². The van der Waals surface area contributed by atoms with Crippen molar-refractivity contribution >= 4 is 12.2 Å². The van der Waals surface area contributed by atoms with Gasteiger partial charge >= 0.3 is 0 Å². The molecule has 2 unspecified atom stereocenters. The number of hydrogen-bond donors (Lipinski definition) is 1. The van der Waals surface area contributed by atoms with E-state index in [1.165, 1.54) is 11.1 Å². The standard InChI is InChI=1S/C18H15N3/c19-16-11-13-6-2-4-8-15(13)18(16)21-20-17-10-9-12-5-1-3-7-14(12)17/h1-11,17-18H,19H2. The molecular weight excluding hydrogens is 258 g/mol. The van der Waals surface area contributed by atoms with Crippen LogP contribution in [0.2, 0.25) is 0 Å². The van der Waals surface area contributed by atoms with Gasteiger partial charge in [-0.2, -0.15) is 10.2 Å². The van der Waals surface area contributed by atoms with Crippen molar-refractivity contribution in [1.82, 2.24) is 0 Å². The van der Waals surface area contributed by atoms with Crippen LogP contribution < -0.4 is 5.73 Å². The van der Waals surface area contributed by atoms with Crippen molar-refractivity contribution in [3.8, 4) is 0 Å². The van der Waals surface area contributed by atoms with E-state index in [0.717, 1.165) is 16.8 Å². The predicted molar refractivity (Wildman–Crippen MR) is 84.4 cm³/mol. The minimum atomic E-state index is -0.151. The Labute approximate surface area is 123 Å².